The van der Waals surface area contributed by atoms with Crippen molar-refractivity contribution in [2.45, 2.75) is 38.1 Å². The van der Waals surface area contributed by atoms with E-state index in [0.717, 1.165) is 32.1 Å². The summed E-state index contributed by atoms with van der Waals surface area (Å²) in [6.07, 6.45) is 4.94. The summed E-state index contributed by atoms with van der Waals surface area (Å²) >= 11 is 1.39. The molecule has 3 N–H and O–H groups in total. The van der Waals surface area contributed by atoms with Crippen molar-refractivity contribution in [1.29, 1.82) is 0 Å². The van der Waals surface area contributed by atoms with E-state index in [1.54, 1.807) is 6.07 Å². The van der Waals surface area contributed by atoms with Crippen LogP contribution < -0.4 is 11.1 Å². The second kappa shape index (κ2) is 8.42. The molecule has 1 saturated heterocycles. The lowest BCUT2D eigenvalue weighted by Crippen LogP contribution is -2.42. The standard InChI is InChI=1S/C20H23N3O2S.ClH/c21-16-6-9-23(10-7-16)20(25)17-8-11-26-19(17)22-18(24)15-5-4-13-2-1-3-14(13)12-15;/h4-5,8,11-12,16H,1-3,6-7,9-10,21H2,(H,22,24);1H. The van der Waals surface area contributed by atoms with Gasteiger partial charge in [-0.2, -0.15) is 0 Å². The number of carbonyl (C=O) groups is 2. The molecule has 2 heterocycles. The summed E-state index contributed by atoms with van der Waals surface area (Å²) in [5.74, 6) is -0.181. The summed E-state index contributed by atoms with van der Waals surface area (Å²) in [4.78, 5) is 27.3. The van der Waals surface area contributed by atoms with Crippen LogP contribution in [0, 0.1) is 0 Å². The molecule has 1 aromatic heterocycles. The Morgan fingerprint density at radius 2 is 1.85 bits per heavy atom. The summed E-state index contributed by atoms with van der Waals surface area (Å²) in [6.45, 7) is 1.35. The SMILES string of the molecule is Cl.NC1CCN(C(=O)c2ccsc2NC(=O)c2ccc3c(c2)CCC3)CC1. The molecular formula is C20H24ClN3O2S. The van der Waals surface area contributed by atoms with E-state index < -0.39 is 0 Å². The van der Waals surface area contributed by atoms with Crippen molar-refractivity contribution in [3.05, 3.63) is 51.9 Å². The molecule has 0 radical (unpaired) electrons. The smallest absolute Gasteiger partial charge is 0.256 e. The third kappa shape index (κ3) is 4.18. The predicted molar refractivity (Wildman–Crippen MR) is 111 cm³/mol. The molecule has 7 heteroatoms. The highest BCUT2D eigenvalue weighted by Crippen LogP contribution is 2.27. The molecule has 0 spiro atoms. The third-order valence-electron chi connectivity index (χ3n) is 5.31. The first kappa shape index (κ1) is 19.9. The average molecular weight is 406 g/mol. The molecule has 1 aromatic carbocycles. The van der Waals surface area contributed by atoms with Crippen LogP contribution in [0.2, 0.25) is 0 Å². The molecule has 2 aromatic rings. The van der Waals surface area contributed by atoms with Gasteiger partial charge in [0.1, 0.15) is 5.00 Å². The number of benzene rings is 1. The van der Waals surface area contributed by atoms with Gasteiger partial charge >= 0.3 is 0 Å². The number of piperidine rings is 1. The van der Waals surface area contributed by atoms with Crippen molar-refractivity contribution in [3.8, 4) is 0 Å². The van der Waals surface area contributed by atoms with Gasteiger partial charge in [0, 0.05) is 24.7 Å². The van der Waals surface area contributed by atoms with Crippen molar-refractivity contribution < 1.29 is 9.59 Å². The number of nitrogens with one attached hydrogen (secondary N) is 1. The molecule has 2 amide bonds. The number of nitrogens with zero attached hydrogens (tertiary/aromatic N) is 1. The van der Waals surface area contributed by atoms with Gasteiger partial charge in [-0.05, 0) is 66.8 Å². The maximum absolute atomic E-state index is 12.8. The highest BCUT2D eigenvalue weighted by molar-refractivity contribution is 7.14. The molecule has 27 heavy (non-hydrogen) atoms. The number of fused-ring (bicyclic) bond motifs is 1. The quantitative estimate of drug-likeness (QED) is 0.820. The van der Waals surface area contributed by atoms with Gasteiger partial charge in [0.05, 0.1) is 5.56 Å². The first-order chi connectivity index (χ1) is 12.6. The Labute approximate surface area is 169 Å². The summed E-state index contributed by atoms with van der Waals surface area (Å²) in [7, 11) is 0. The number of anilines is 1. The van der Waals surface area contributed by atoms with Gasteiger partial charge < -0.3 is 16.0 Å². The molecule has 1 fully saturated rings. The Balaban J connectivity index is 0.00000210. The zero-order chi connectivity index (χ0) is 18.1. The van der Waals surface area contributed by atoms with Gasteiger partial charge in [-0.3, -0.25) is 9.59 Å². The minimum Gasteiger partial charge on any atom is -0.338 e. The van der Waals surface area contributed by atoms with Crippen molar-refractivity contribution in [3.63, 3.8) is 0 Å². The van der Waals surface area contributed by atoms with Gasteiger partial charge in [-0.1, -0.05) is 6.07 Å². The molecule has 5 nitrogen and oxygen atoms in total. The normalized spacial score (nSPS) is 16.6. The molecule has 144 valence electrons. The number of hydrogen-bond donors (Lipinski definition) is 2. The molecule has 2 aliphatic rings. The predicted octanol–water partition coefficient (Wildman–Crippen LogP) is 3.47. The number of hydrogen-bond acceptors (Lipinski definition) is 4. The van der Waals surface area contributed by atoms with E-state index in [1.807, 2.05) is 22.4 Å². The summed E-state index contributed by atoms with van der Waals surface area (Å²) in [5, 5.41) is 5.40. The van der Waals surface area contributed by atoms with Crippen LogP contribution in [0.5, 0.6) is 0 Å². The number of likely N-dealkylation sites (tertiary alicyclic amines) is 1. The van der Waals surface area contributed by atoms with Gasteiger partial charge in [-0.25, -0.2) is 0 Å². The fourth-order valence-corrected chi connectivity index (χ4v) is 4.51. The van der Waals surface area contributed by atoms with E-state index in [4.69, 9.17) is 5.73 Å². The van der Waals surface area contributed by atoms with Crippen LogP contribution in [-0.2, 0) is 12.8 Å². The van der Waals surface area contributed by atoms with Gasteiger partial charge in [-0.15, -0.1) is 23.7 Å². The number of aryl methyl sites for hydroxylation is 2. The van der Waals surface area contributed by atoms with Gasteiger partial charge in [0.15, 0.2) is 0 Å². The average Bonchev–Trinajstić information content (AvgIpc) is 3.30. The van der Waals surface area contributed by atoms with Crippen molar-refractivity contribution in [2.75, 3.05) is 18.4 Å². The second-order valence-electron chi connectivity index (χ2n) is 7.08. The fraction of sp³-hybridized carbons (Fsp3) is 0.400. The number of halogens is 1. The van der Waals surface area contributed by atoms with Crippen LogP contribution in [0.3, 0.4) is 0 Å². The van der Waals surface area contributed by atoms with Crippen molar-refractivity contribution in [1.82, 2.24) is 4.90 Å². The first-order valence-electron chi connectivity index (χ1n) is 9.17. The lowest BCUT2D eigenvalue weighted by Gasteiger charge is -2.30. The highest BCUT2D eigenvalue weighted by Gasteiger charge is 2.25. The Morgan fingerprint density at radius 3 is 2.63 bits per heavy atom. The van der Waals surface area contributed by atoms with Crippen LogP contribution >= 0.6 is 23.7 Å². The maximum Gasteiger partial charge on any atom is 0.256 e. The van der Waals surface area contributed by atoms with Crippen LogP contribution in [0.25, 0.3) is 0 Å². The number of thiophene rings is 1. The summed E-state index contributed by atoms with van der Waals surface area (Å²) in [5.41, 5.74) is 9.76. The minimum atomic E-state index is -0.156. The zero-order valence-electron chi connectivity index (χ0n) is 15.1. The topological polar surface area (TPSA) is 75.4 Å². The first-order valence-corrected chi connectivity index (χ1v) is 10.1. The van der Waals surface area contributed by atoms with Crippen molar-refractivity contribution in [2.24, 2.45) is 5.73 Å². The number of carbonyl (C=O) groups excluding carboxylic acids is 2. The number of rotatable bonds is 3. The molecule has 0 bridgehead atoms. The Bertz CT molecular complexity index is 844. The minimum absolute atomic E-state index is 0. The van der Waals surface area contributed by atoms with Crippen molar-refractivity contribution >= 4 is 40.6 Å². The van der Waals surface area contributed by atoms with E-state index in [2.05, 4.69) is 11.4 Å². The lowest BCUT2D eigenvalue weighted by molar-refractivity contribution is 0.0716. The van der Waals surface area contributed by atoms with E-state index in [0.29, 0.717) is 29.2 Å². The Kier molecular flexibility index (Phi) is 6.19. The van der Waals surface area contributed by atoms with E-state index in [-0.39, 0.29) is 30.3 Å². The molecule has 4 rings (SSSR count). The summed E-state index contributed by atoms with van der Waals surface area (Å²) in [6, 6.07) is 7.88. The third-order valence-corrected chi connectivity index (χ3v) is 6.14. The lowest BCUT2D eigenvalue weighted by atomic mass is 10.1. The second-order valence-corrected chi connectivity index (χ2v) is 8.00. The molecule has 1 aliphatic carbocycles. The maximum atomic E-state index is 12.8. The molecule has 0 atom stereocenters. The fourth-order valence-electron chi connectivity index (χ4n) is 3.74. The molecule has 0 saturated carbocycles. The van der Waals surface area contributed by atoms with Crippen LogP contribution in [0.1, 0.15) is 51.1 Å². The number of amides is 2. The Hall–Kier alpha value is -1.89. The molecule has 0 unspecified atom stereocenters. The van der Waals surface area contributed by atoms with E-state index >= 15 is 0 Å². The summed E-state index contributed by atoms with van der Waals surface area (Å²) < 4.78 is 0. The van der Waals surface area contributed by atoms with Crippen LogP contribution in [0.15, 0.2) is 29.6 Å². The van der Waals surface area contributed by atoms with Gasteiger partial charge in [0.25, 0.3) is 11.8 Å². The van der Waals surface area contributed by atoms with E-state index in [9.17, 15) is 9.59 Å². The largest absolute Gasteiger partial charge is 0.338 e. The molecular weight excluding hydrogens is 382 g/mol. The number of nitrogens with two attached hydrogens (primary N) is 1. The van der Waals surface area contributed by atoms with Gasteiger partial charge in [0.2, 0.25) is 0 Å². The Morgan fingerprint density at radius 1 is 1.11 bits per heavy atom. The van der Waals surface area contributed by atoms with Crippen LogP contribution in [0.4, 0.5) is 5.00 Å². The van der Waals surface area contributed by atoms with Crippen LogP contribution in [-0.4, -0.2) is 35.8 Å². The monoisotopic (exact) mass is 405 g/mol. The highest BCUT2D eigenvalue weighted by atomic mass is 35.5. The zero-order valence-corrected chi connectivity index (χ0v) is 16.7. The molecule has 1 aliphatic heterocycles. The van der Waals surface area contributed by atoms with E-state index in [1.165, 1.54) is 22.5 Å².